The standard InChI is InChI=1S/C23H29NO3/c1-6-23(4,5)19-13-17(22(14-21(19)26)27-15(2)3)9-12-20(25)16-7-10-18(24)11-8-16/h7-15,26H,6,24H2,1-5H3. The largest absolute Gasteiger partial charge is 0.508 e. The van der Waals surface area contributed by atoms with Crippen molar-refractivity contribution >= 4 is 17.5 Å². The Balaban J connectivity index is 2.43. The van der Waals surface area contributed by atoms with Crippen molar-refractivity contribution in [3.8, 4) is 11.5 Å². The van der Waals surface area contributed by atoms with Gasteiger partial charge >= 0.3 is 0 Å². The summed E-state index contributed by atoms with van der Waals surface area (Å²) in [7, 11) is 0. The van der Waals surface area contributed by atoms with Crippen LogP contribution in [0.4, 0.5) is 5.69 Å². The molecule has 0 saturated heterocycles. The average molecular weight is 367 g/mol. The maximum absolute atomic E-state index is 12.4. The molecular formula is C23H29NO3. The van der Waals surface area contributed by atoms with Crippen molar-refractivity contribution in [1.82, 2.24) is 0 Å². The number of carbonyl (C=O) groups is 1. The van der Waals surface area contributed by atoms with Crippen LogP contribution < -0.4 is 10.5 Å². The van der Waals surface area contributed by atoms with Crippen molar-refractivity contribution < 1.29 is 14.6 Å². The monoisotopic (exact) mass is 367 g/mol. The summed E-state index contributed by atoms with van der Waals surface area (Å²) in [5, 5.41) is 10.5. The summed E-state index contributed by atoms with van der Waals surface area (Å²) in [4.78, 5) is 12.4. The Morgan fingerprint density at radius 2 is 1.85 bits per heavy atom. The fourth-order valence-corrected chi connectivity index (χ4v) is 2.71. The SMILES string of the molecule is CCC(C)(C)c1cc(C=CC(=O)c2ccc(N)cc2)c(OC(C)C)cc1O. The highest BCUT2D eigenvalue weighted by atomic mass is 16.5. The number of rotatable bonds is 7. The minimum atomic E-state index is -0.190. The quantitative estimate of drug-likeness (QED) is 0.393. The number of ether oxygens (including phenoxy) is 1. The molecule has 0 fully saturated rings. The number of ketones is 1. The molecule has 144 valence electrons. The van der Waals surface area contributed by atoms with E-state index < -0.39 is 0 Å². The number of phenolic OH excluding ortho intramolecular Hbond substituents is 1. The van der Waals surface area contributed by atoms with Gasteiger partial charge in [0, 0.05) is 28.4 Å². The van der Waals surface area contributed by atoms with Crippen LogP contribution >= 0.6 is 0 Å². The molecule has 0 aliphatic heterocycles. The summed E-state index contributed by atoms with van der Waals surface area (Å²) in [5.74, 6) is 0.647. The lowest BCUT2D eigenvalue weighted by Gasteiger charge is -2.26. The molecule has 4 heteroatoms. The maximum Gasteiger partial charge on any atom is 0.185 e. The minimum Gasteiger partial charge on any atom is -0.508 e. The van der Waals surface area contributed by atoms with Crippen LogP contribution in [-0.2, 0) is 5.41 Å². The molecule has 0 atom stereocenters. The lowest BCUT2D eigenvalue weighted by atomic mass is 9.81. The first-order chi connectivity index (χ1) is 12.6. The van der Waals surface area contributed by atoms with Crippen LogP contribution in [0.15, 0.2) is 42.5 Å². The van der Waals surface area contributed by atoms with Crippen LogP contribution in [-0.4, -0.2) is 17.0 Å². The molecule has 0 radical (unpaired) electrons. The van der Waals surface area contributed by atoms with Gasteiger partial charge in [-0.2, -0.15) is 0 Å². The first-order valence-electron chi connectivity index (χ1n) is 9.26. The predicted octanol–water partition coefficient (Wildman–Crippen LogP) is 5.35. The second kappa shape index (κ2) is 8.30. The van der Waals surface area contributed by atoms with Crippen molar-refractivity contribution in [2.24, 2.45) is 0 Å². The number of nitrogens with two attached hydrogens (primary N) is 1. The van der Waals surface area contributed by atoms with Gasteiger partial charge in [0.15, 0.2) is 5.78 Å². The topological polar surface area (TPSA) is 72.6 Å². The summed E-state index contributed by atoms with van der Waals surface area (Å²) in [6.45, 7) is 10.1. The number of anilines is 1. The molecule has 0 unspecified atom stereocenters. The van der Waals surface area contributed by atoms with Crippen molar-refractivity contribution in [3.05, 3.63) is 59.2 Å². The zero-order chi connectivity index (χ0) is 20.2. The van der Waals surface area contributed by atoms with Crippen LogP contribution in [0.3, 0.4) is 0 Å². The fraction of sp³-hybridized carbons (Fsp3) is 0.348. The second-order valence-corrected chi connectivity index (χ2v) is 7.63. The number of allylic oxidation sites excluding steroid dienone is 1. The zero-order valence-electron chi connectivity index (χ0n) is 16.7. The van der Waals surface area contributed by atoms with Gasteiger partial charge in [-0.05, 0) is 68.2 Å². The van der Waals surface area contributed by atoms with E-state index in [2.05, 4.69) is 20.8 Å². The molecule has 0 amide bonds. The van der Waals surface area contributed by atoms with E-state index in [-0.39, 0.29) is 23.1 Å². The minimum absolute atomic E-state index is 0.0469. The molecule has 4 nitrogen and oxygen atoms in total. The van der Waals surface area contributed by atoms with E-state index in [4.69, 9.17) is 10.5 Å². The Labute approximate surface area is 161 Å². The van der Waals surface area contributed by atoms with Gasteiger partial charge in [0.1, 0.15) is 11.5 Å². The number of phenols is 1. The lowest BCUT2D eigenvalue weighted by molar-refractivity contribution is 0.104. The molecule has 2 aromatic rings. The van der Waals surface area contributed by atoms with Crippen LogP contribution in [0.5, 0.6) is 11.5 Å². The van der Waals surface area contributed by atoms with Crippen molar-refractivity contribution in [1.29, 1.82) is 0 Å². The number of aromatic hydroxyl groups is 1. The third-order valence-corrected chi connectivity index (χ3v) is 4.71. The summed E-state index contributed by atoms with van der Waals surface area (Å²) < 4.78 is 5.84. The fourth-order valence-electron chi connectivity index (χ4n) is 2.71. The Morgan fingerprint density at radius 3 is 2.41 bits per heavy atom. The van der Waals surface area contributed by atoms with E-state index in [1.54, 1.807) is 36.4 Å². The van der Waals surface area contributed by atoms with Gasteiger partial charge in [-0.25, -0.2) is 0 Å². The van der Waals surface area contributed by atoms with Gasteiger partial charge in [0.25, 0.3) is 0 Å². The van der Waals surface area contributed by atoms with Gasteiger partial charge in [-0.15, -0.1) is 0 Å². The molecule has 0 spiro atoms. The van der Waals surface area contributed by atoms with Crippen LogP contribution in [0.25, 0.3) is 6.08 Å². The number of hydrogen-bond acceptors (Lipinski definition) is 4. The van der Waals surface area contributed by atoms with Crippen LogP contribution in [0, 0.1) is 0 Å². The third-order valence-electron chi connectivity index (χ3n) is 4.71. The van der Waals surface area contributed by atoms with Crippen molar-refractivity contribution in [3.63, 3.8) is 0 Å². The highest BCUT2D eigenvalue weighted by Gasteiger charge is 2.23. The molecule has 2 rings (SSSR count). The third kappa shape index (κ3) is 5.13. The van der Waals surface area contributed by atoms with E-state index in [0.717, 1.165) is 17.5 Å². The molecule has 0 aromatic heterocycles. The van der Waals surface area contributed by atoms with Gasteiger partial charge < -0.3 is 15.6 Å². The Kier molecular flexibility index (Phi) is 6.32. The van der Waals surface area contributed by atoms with E-state index in [0.29, 0.717) is 17.0 Å². The molecule has 0 saturated carbocycles. The van der Waals surface area contributed by atoms with Gasteiger partial charge in [0.2, 0.25) is 0 Å². The van der Waals surface area contributed by atoms with Crippen LogP contribution in [0.1, 0.15) is 62.5 Å². The predicted molar refractivity (Wildman–Crippen MR) is 111 cm³/mol. The van der Waals surface area contributed by atoms with Gasteiger partial charge in [-0.1, -0.05) is 20.8 Å². The zero-order valence-corrected chi connectivity index (χ0v) is 16.7. The molecular weight excluding hydrogens is 338 g/mol. The van der Waals surface area contributed by atoms with Crippen LogP contribution in [0.2, 0.25) is 0 Å². The summed E-state index contributed by atoms with van der Waals surface area (Å²) in [5.41, 5.74) is 8.27. The summed E-state index contributed by atoms with van der Waals surface area (Å²) in [6.07, 6.45) is 4.09. The molecule has 0 bridgehead atoms. The smallest absolute Gasteiger partial charge is 0.185 e. The summed E-state index contributed by atoms with van der Waals surface area (Å²) in [6, 6.07) is 10.4. The number of carbonyl (C=O) groups excluding carboxylic acids is 1. The highest BCUT2D eigenvalue weighted by molar-refractivity contribution is 6.07. The lowest BCUT2D eigenvalue weighted by Crippen LogP contribution is -2.16. The van der Waals surface area contributed by atoms with E-state index >= 15 is 0 Å². The maximum atomic E-state index is 12.4. The number of nitrogen functional groups attached to an aromatic ring is 1. The highest BCUT2D eigenvalue weighted by Crippen LogP contribution is 2.38. The first-order valence-corrected chi connectivity index (χ1v) is 9.26. The number of hydrogen-bond donors (Lipinski definition) is 2. The van der Waals surface area contributed by atoms with Gasteiger partial charge in [0.05, 0.1) is 6.10 Å². The van der Waals surface area contributed by atoms with Crippen molar-refractivity contribution in [2.75, 3.05) is 5.73 Å². The van der Waals surface area contributed by atoms with Crippen molar-refractivity contribution in [2.45, 2.75) is 52.6 Å². The second-order valence-electron chi connectivity index (χ2n) is 7.63. The first kappa shape index (κ1) is 20.6. The number of benzene rings is 2. The molecule has 27 heavy (non-hydrogen) atoms. The summed E-state index contributed by atoms with van der Waals surface area (Å²) >= 11 is 0. The Hall–Kier alpha value is -2.75. The molecule has 0 aliphatic carbocycles. The average Bonchev–Trinajstić information content (AvgIpc) is 2.60. The van der Waals surface area contributed by atoms with E-state index in [9.17, 15) is 9.90 Å². The van der Waals surface area contributed by atoms with E-state index in [1.807, 2.05) is 19.9 Å². The molecule has 0 heterocycles. The Morgan fingerprint density at radius 1 is 1.22 bits per heavy atom. The Bertz CT molecular complexity index is 833. The normalized spacial score (nSPS) is 11.9. The molecule has 2 aromatic carbocycles. The molecule has 3 N–H and O–H groups in total. The molecule has 0 aliphatic rings. The van der Waals surface area contributed by atoms with Gasteiger partial charge in [-0.3, -0.25) is 4.79 Å². The van der Waals surface area contributed by atoms with E-state index in [1.165, 1.54) is 6.08 Å².